The highest BCUT2D eigenvalue weighted by Gasteiger charge is 2.52. The highest BCUT2D eigenvalue weighted by atomic mass is 16.1. The SMILES string of the molecule is CC1=CCC2C3CCC4=CC(=O)CC[C@@H]4C3CC[C@]12C. The molecule has 5 atom stereocenters. The van der Waals surface area contributed by atoms with Crippen molar-refractivity contribution in [3.8, 4) is 0 Å². The van der Waals surface area contributed by atoms with Crippen LogP contribution < -0.4 is 0 Å². The molecular weight excluding hydrogens is 244 g/mol. The Bertz CT molecular complexity index is 512. The molecule has 0 aliphatic heterocycles. The summed E-state index contributed by atoms with van der Waals surface area (Å²) in [6, 6.07) is 0. The molecule has 0 aromatic carbocycles. The predicted molar refractivity (Wildman–Crippen MR) is 81.2 cm³/mol. The Kier molecular flexibility index (Phi) is 2.78. The quantitative estimate of drug-likeness (QED) is 0.584. The first-order valence-corrected chi connectivity index (χ1v) is 8.50. The Morgan fingerprint density at radius 2 is 2.00 bits per heavy atom. The van der Waals surface area contributed by atoms with Gasteiger partial charge in [-0.1, -0.05) is 24.1 Å². The summed E-state index contributed by atoms with van der Waals surface area (Å²) in [5.41, 5.74) is 3.65. The predicted octanol–water partition coefficient (Wildman–Crippen LogP) is 4.68. The van der Waals surface area contributed by atoms with E-state index in [1.165, 1.54) is 37.7 Å². The van der Waals surface area contributed by atoms with E-state index >= 15 is 0 Å². The summed E-state index contributed by atoms with van der Waals surface area (Å²) in [7, 11) is 0. The number of allylic oxidation sites excluding steroid dienone is 4. The van der Waals surface area contributed by atoms with Crippen LogP contribution in [0.25, 0.3) is 0 Å². The summed E-state index contributed by atoms with van der Waals surface area (Å²) in [4.78, 5) is 11.7. The van der Waals surface area contributed by atoms with Crippen molar-refractivity contribution in [1.82, 2.24) is 0 Å². The molecule has 1 heteroatoms. The normalized spacial score (nSPS) is 47.0. The first-order valence-electron chi connectivity index (χ1n) is 8.50. The lowest BCUT2D eigenvalue weighted by Crippen LogP contribution is -2.45. The van der Waals surface area contributed by atoms with Crippen LogP contribution in [0.3, 0.4) is 0 Å². The van der Waals surface area contributed by atoms with Crippen LogP contribution in [0, 0.1) is 29.1 Å². The van der Waals surface area contributed by atoms with Crippen molar-refractivity contribution in [2.75, 3.05) is 0 Å². The van der Waals surface area contributed by atoms with Gasteiger partial charge in [-0.15, -0.1) is 0 Å². The maximum Gasteiger partial charge on any atom is 0.155 e. The Morgan fingerprint density at radius 1 is 1.15 bits per heavy atom. The molecule has 2 saturated carbocycles. The van der Waals surface area contributed by atoms with Gasteiger partial charge in [0.1, 0.15) is 0 Å². The van der Waals surface area contributed by atoms with E-state index in [9.17, 15) is 4.79 Å². The summed E-state index contributed by atoms with van der Waals surface area (Å²) in [5, 5.41) is 0. The van der Waals surface area contributed by atoms with Crippen molar-refractivity contribution in [2.45, 2.75) is 58.8 Å². The van der Waals surface area contributed by atoms with Crippen molar-refractivity contribution in [1.29, 1.82) is 0 Å². The van der Waals surface area contributed by atoms with Gasteiger partial charge in [0.25, 0.3) is 0 Å². The van der Waals surface area contributed by atoms with Gasteiger partial charge in [0.2, 0.25) is 0 Å². The second-order valence-corrected chi connectivity index (χ2v) is 7.88. The second kappa shape index (κ2) is 4.32. The molecule has 0 heterocycles. The fourth-order valence-electron chi connectivity index (χ4n) is 5.96. The van der Waals surface area contributed by atoms with Crippen molar-refractivity contribution in [3.63, 3.8) is 0 Å². The van der Waals surface area contributed by atoms with Gasteiger partial charge in [-0.05, 0) is 80.6 Å². The maximum absolute atomic E-state index is 11.7. The van der Waals surface area contributed by atoms with E-state index in [2.05, 4.69) is 19.9 Å². The molecular formula is C19H26O. The molecule has 0 amide bonds. The number of rotatable bonds is 0. The van der Waals surface area contributed by atoms with E-state index in [1.807, 2.05) is 6.08 Å². The van der Waals surface area contributed by atoms with E-state index < -0.39 is 0 Å². The van der Waals surface area contributed by atoms with Crippen LogP contribution >= 0.6 is 0 Å². The molecule has 0 aromatic heterocycles. The Hall–Kier alpha value is -0.850. The molecule has 0 aromatic rings. The Balaban J connectivity index is 1.64. The van der Waals surface area contributed by atoms with Gasteiger partial charge in [-0.3, -0.25) is 4.79 Å². The Morgan fingerprint density at radius 3 is 2.85 bits per heavy atom. The fourth-order valence-corrected chi connectivity index (χ4v) is 5.96. The van der Waals surface area contributed by atoms with E-state index in [-0.39, 0.29) is 0 Å². The minimum absolute atomic E-state index is 0.383. The number of carbonyl (C=O) groups is 1. The fraction of sp³-hybridized carbons (Fsp3) is 0.737. The molecule has 0 spiro atoms. The lowest BCUT2D eigenvalue weighted by atomic mass is 9.51. The third-order valence-corrected chi connectivity index (χ3v) is 7.27. The topological polar surface area (TPSA) is 17.1 Å². The molecule has 108 valence electrons. The number of hydrogen-bond donors (Lipinski definition) is 0. The first kappa shape index (κ1) is 12.9. The summed E-state index contributed by atoms with van der Waals surface area (Å²) in [6.45, 7) is 4.87. The van der Waals surface area contributed by atoms with Gasteiger partial charge in [-0.2, -0.15) is 0 Å². The van der Waals surface area contributed by atoms with Gasteiger partial charge in [-0.25, -0.2) is 0 Å². The average molecular weight is 270 g/mol. The van der Waals surface area contributed by atoms with Crippen molar-refractivity contribution >= 4 is 5.78 Å². The third kappa shape index (κ3) is 1.64. The van der Waals surface area contributed by atoms with Crippen LogP contribution in [-0.2, 0) is 4.79 Å². The van der Waals surface area contributed by atoms with Crippen LogP contribution in [0.2, 0.25) is 0 Å². The largest absolute Gasteiger partial charge is 0.295 e. The molecule has 4 aliphatic carbocycles. The maximum atomic E-state index is 11.7. The molecule has 4 rings (SSSR count). The molecule has 1 nitrogen and oxygen atoms in total. The number of hydrogen-bond acceptors (Lipinski definition) is 1. The van der Waals surface area contributed by atoms with E-state index in [0.717, 1.165) is 36.5 Å². The first-order chi connectivity index (χ1) is 9.59. The summed E-state index contributed by atoms with van der Waals surface area (Å²) < 4.78 is 0. The van der Waals surface area contributed by atoms with Crippen LogP contribution in [0.5, 0.6) is 0 Å². The molecule has 4 aliphatic rings. The minimum Gasteiger partial charge on any atom is -0.295 e. The molecule has 0 radical (unpaired) electrons. The van der Waals surface area contributed by atoms with Gasteiger partial charge in [0.15, 0.2) is 5.78 Å². The third-order valence-electron chi connectivity index (χ3n) is 7.27. The molecule has 3 unspecified atom stereocenters. The standard InChI is InChI=1S/C19H26O/c1-12-3-8-18-17-6-4-13-11-14(20)5-7-15(13)16(17)9-10-19(12,18)2/h3,11,15-18H,4-10H2,1-2H3/t15-,16?,17?,18?,19+/m0/s1. The van der Waals surface area contributed by atoms with Gasteiger partial charge < -0.3 is 0 Å². The summed E-state index contributed by atoms with van der Waals surface area (Å²) in [6.07, 6.45) is 13.1. The van der Waals surface area contributed by atoms with Crippen LogP contribution in [0.4, 0.5) is 0 Å². The van der Waals surface area contributed by atoms with Crippen molar-refractivity contribution in [2.24, 2.45) is 29.1 Å². The number of ketones is 1. The van der Waals surface area contributed by atoms with Gasteiger partial charge >= 0.3 is 0 Å². The zero-order valence-corrected chi connectivity index (χ0v) is 12.8. The van der Waals surface area contributed by atoms with Crippen LogP contribution in [0.1, 0.15) is 58.8 Å². The average Bonchev–Trinajstić information content (AvgIpc) is 2.74. The number of carbonyl (C=O) groups excluding carboxylic acids is 1. The van der Waals surface area contributed by atoms with E-state index in [1.54, 1.807) is 5.57 Å². The zero-order chi connectivity index (χ0) is 13.9. The zero-order valence-electron chi connectivity index (χ0n) is 12.8. The lowest BCUT2D eigenvalue weighted by Gasteiger charge is -2.53. The van der Waals surface area contributed by atoms with E-state index in [4.69, 9.17) is 0 Å². The second-order valence-electron chi connectivity index (χ2n) is 7.88. The van der Waals surface area contributed by atoms with Crippen LogP contribution in [-0.4, -0.2) is 5.78 Å². The summed E-state index contributed by atoms with van der Waals surface area (Å²) >= 11 is 0. The van der Waals surface area contributed by atoms with Crippen molar-refractivity contribution in [3.05, 3.63) is 23.3 Å². The highest BCUT2D eigenvalue weighted by molar-refractivity contribution is 5.91. The molecule has 2 fully saturated rings. The lowest BCUT2D eigenvalue weighted by molar-refractivity contribution is -0.116. The Labute approximate surface area is 122 Å². The molecule has 0 bridgehead atoms. The van der Waals surface area contributed by atoms with Gasteiger partial charge in [0.05, 0.1) is 0 Å². The minimum atomic E-state index is 0.383. The highest BCUT2D eigenvalue weighted by Crippen LogP contribution is 2.61. The summed E-state index contributed by atoms with van der Waals surface area (Å²) in [5.74, 6) is 3.81. The van der Waals surface area contributed by atoms with Crippen LogP contribution in [0.15, 0.2) is 23.3 Å². The molecule has 0 N–H and O–H groups in total. The monoisotopic (exact) mass is 270 g/mol. The van der Waals surface area contributed by atoms with Gasteiger partial charge in [0, 0.05) is 6.42 Å². The molecule has 0 saturated heterocycles. The number of fused-ring (bicyclic) bond motifs is 5. The van der Waals surface area contributed by atoms with E-state index in [0.29, 0.717) is 11.2 Å². The molecule has 20 heavy (non-hydrogen) atoms. The van der Waals surface area contributed by atoms with Crippen molar-refractivity contribution < 1.29 is 4.79 Å². The smallest absolute Gasteiger partial charge is 0.155 e.